The van der Waals surface area contributed by atoms with Crippen molar-refractivity contribution in [2.24, 2.45) is 0 Å². The zero-order chi connectivity index (χ0) is 10.5. The van der Waals surface area contributed by atoms with Crippen LogP contribution in [0.1, 0.15) is 13.3 Å². The molecule has 0 saturated carbocycles. The first-order valence-electron chi connectivity index (χ1n) is 5.41. The zero-order valence-electron chi connectivity index (χ0n) is 8.94. The molecule has 0 aliphatic carbocycles. The third-order valence-electron chi connectivity index (χ3n) is 2.53. The number of thiophene rings is 1. The molecule has 2 heterocycles. The van der Waals surface area contributed by atoms with E-state index in [9.17, 15) is 0 Å². The van der Waals surface area contributed by atoms with Crippen molar-refractivity contribution in [3.63, 3.8) is 0 Å². The van der Waals surface area contributed by atoms with Gasteiger partial charge in [0.1, 0.15) is 0 Å². The van der Waals surface area contributed by atoms with Crippen LogP contribution in [0.2, 0.25) is 0 Å². The van der Waals surface area contributed by atoms with Gasteiger partial charge in [-0.1, -0.05) is 13.0 Å². The first-order valence-corrected chi connectivity index (χ1v) is 7.17. The first kappa shape index (κ1) is 11.5. The monoisotopic (exact) mass is 243 g/mol. The number of thioether (sulfide) groups is 1. The minimum atomic E-state index is 0.567. The van der Waals surface area contributed by atoms with E-state index >= 15 is 0 Å². The van der Waals surface area contributed by atoms with Crippen LogP contribution in [-0.4, -0.2) is 31.1 Å². The van der Waals surface area contributed by atoms with E-state index in [-0.39, 0.29) is 0 Å². The van der Waals surface area contributed by atoms with E-state index in [0.717, 1.165) is 26.2 Å². The summed E-state index contributed by atoms with van der Waals surface area (Å²) in [7, 11) is 0. The Balaban J connectivity index is 1.92. The summed E-state index contributed by atoms with van der Waals surface area (Å²) in [5.74, 6) is 0. The maximum absolute atomic E-state index is 5.55. The van der Waals surface area contributed by atoms with Crippen LogP contribution < -0.4 is 5.32 Å². The van der Waals surface area contributed by atoms with Crippen molar-refractivity contribution < 1.29 is 4.74 Å². The van der Waals surface area contributed by atoms with Gasteiger partial charge < -0.3 is 10.1 Å². The summed E-state index contributed by atoms with van der Waals surface area (Å²) >= 11 is 3.77. The zero-order valence-corrected chi connectivity index (χ0v) is 10.6. The number of hydrogen-bond donors (Lipinski definition) is 1. The molecule has 1 aromatic rings. The van der Waals surface area contributed by atoms with Gasteiger partial charge in [0.25, 0.3) is 0 Å². The Bertz CT molecular complexity index is 274. The molecule has 1 N–H and O–H groups in total. The molecule has 2 rings (SSSR count). The normalized spacial score (nSPS) is 26.7. The first-order chi connectivity index (χ1) is 7.40. The summed E-state index contributed by atoms with van der Waals surface area (Å²) in [5, 5.41) is 6.25. The predicted octanol–water partition coefficient (Wildman–Crippen LogP) is 2.61. The smallest absolute Gasteiger partial charge is 0.0603 e. The molecule has 2 nitrogen and oxygen atoms in total. The van der Waals surface area contributed by atoms with Gasteiger partial charge in [0, 0.05) is 17.9 Å². The molecule has 1 fully saturated rings. The molecule has 0 bridgehead atoms. The van der Waals surface area contributed by atoms with Crippen molar-refractivity contribution in [3.8, 4) is 0 Å². The lowest BCUT2D eigenvalue weighted by molar-refractivity contribution is 0.0837. The minimum absolute atomic E-state index is 0.567. The molecule has 1 aliphatic rings. The molecule has 0 amide bonds. The van der Waals surface area contributed by atoms with Crippen LogP contribution in [-0.2, 0) is 4.74 Å². The molecule has 1 aromatic heterocycles. The van der Waals surface area contributed by atoms with Gasteiger partial charge >= 0.3 is 0 Å². The van der Waals surface area contributed by atoms with Crippen molar-refractivity contribution in [1.29, 1.82) is 0 Å². The van der Waals surface area contributed by atoms with E-state index in [1.807, 2.05) is 23.1 Å². The summed E-state index contributed by atoms with van der Waals surface area (Å²) in [6, 6.07) is 4.90. The Kier molecular flexibility index (Phi) is 4.50. The summed E-state index contributed by atoms with van der Waals surface area (Å²) in [4.78, 5) is 0. The third kappa shape index (κ3) is 3.21. The second kappa shape index (κ2) is 5.89. The molecule has 2 unspecified atom stereocenters. The Labute approximate surface area is 99.4 Å². The second-order valence-electron chi connectivity index (χ2n) is 3.62. The lowest BCUT2D eigenvalue weighted by atomic mass is 10.1. The van der Waals surface area contributed by atoms with Gasteiger partial charge in [-0.05, 0) is 24.4 Å². The number of ether oxygens (including phenoxy) is 1. The molecule has 1 saturated heterocycles. The summed E-state index contributed by atoms with van der Waals surface area (Å²) in [5.41, 5.74) is 0. The molecule has 0 radical (unpaired) electrons. The van der Waals surface area contributed by atoms with Crippen molar-refractivity contribution in [3.05, 3.63) is 17.5 Å². The van der Waals surface area contributed by atoms with Gasteiger partial charge in [0.2, 0.25) is 0 Å². The molecular formula is C11H17NOS2. The Morgan fingerprint density at radius 1 is 1.67 bits per heavy atom. The molecule has 1 aliphatic heterocycles. The Morgan fingerprint density at radius 3 is 3.33 bits per heavy atom. The highest BCUT2D eigenvalue weighted by atomic mass is 32.2. The average Bonchev–Trinajstić information content (AvgIpc) is 2.74. The van der Waals surface area contributed by atoms with Crippen molar-refractivity contribution in [1.82, 2.24) is 5.32 Å². The van der Waals surface area contributed by atoms with Crippen LogP contribution >= 0.6 is 23.1 Å². The van der Waals surface area contributed by atoms with Crippen LogP contribution in [0, 0.1) is 0 Å². The molecule has 0 aromatic carbocycles. The lowest BCUT2D eigenvalue weighted by Gasteiger charge is -2.31. The van der Waals surface area contributed by atoms with Crippen LogP contribution in [0.5, 0.6) is 0 Å². The fourth-order valence-electron chi connectivity index (χ4n) is 1.80. The fraction of sp³-hybridized carbons (Fsp3) is 0.636. The highest BCUT2D eigenvalue weighted by Gasteiger charge is 2.25. The third-order valence-corrected chi connectivity index (χ3v) is 4.91. The number of rotatable bonds is 4. The van der Waals surface area contributed by atoms with E-state index in [1.165, 1.54) is 4.21 Å². The van der Waals surface area contributed by atoms with Crippen LogP contribution in [0.3, 0.4) is 0 Å². The largest absolute Gasteiger partial charge is 0.380 e. The highest BCUT2D eigenvalue weighted by molar-refractivity contribution is 8.01. The van der Waals surface area contributed by atoms with Crippen molar-refractivity contribution in [2.45, 2.75) is 28.8 Å². The van der Waals surface area contributed by atoms with Crippen molar-refractivity contribution >= 4 is 23.1 Å². The van der Waals surface area contributed by atoms with E-state index in [4.69, 9.17) is 4.74 Å². The molecule has 0 spiro atoms. The van der Waals surface area contributed by atoms with Gasteiger partial charge in [0.05, 0.1) is 10.8 Å². The summed E-state index contributed by atoms with van der Waals surface area (Å²) in [6.45, 7) is 4.99. The highest BCUT2D eigenvalue weighted by Crippen LogP contribution is 2.31. The summed E-state index contributed by atoms with van der Waals surface area (Å²) < 4.78 is 6.95. The minimum Gasteiger partial charge on any atom is -0.380 e. The van der Waals surface area contributed by atoms with E-state index in [1.54, 1.807) is 0 Å². The van der Waals surface area contributed by atoms with Gasteiger partial charge in [0.15, 0.2) is 0 Å². The SMILES string of the molecule is CCNC1CCOCC1Sc1cccs1. The summed E-state index contributed by atoms with van der Waals surface area (Å²) in [6.07, 6.45) is 1.14. The van der Waals surface area contributed by atoms with E-state index < -0.39 is 0 Å². The predicted molar refractivity (Wildman–Crippen MR) is 66.9 cm³/mol. The number of hydrogen-bond acceptors (Lipinski definition) is 4. The van der Waals surface area contributed by atoms with Crippen LogP contribution in [0.25, 0.3) is 0 Å². The van der Waals surface area contributed by atoms with Gasteiger partial charge in [-0.3, -0.25) is 0 Å². The quantitative estimate of drug-likeness (QED) is 0.878. The lowest BCUT2D eigenvalue weighted by Crippen LogP contribution is -2.44. The maximum atomic E-state index is 5.55. The number of nitrogens with one attached hydrogen (secondary N) is 1. The molecular weight excluding hydrogens is 226 g/mol. The van der Waals surface area contributed by atoms with Crippen LogP contribution in [0.4, 0.5) is 0 Å². The second-order valence-corrected chi connectivity index (χ2v) is 6.10. The van der Waals surface area contributed by atoms with Gasteiger partial charge in [-0.2, -0.15) is 0 Å². The van der Waals surface area contributed by atoms with E-state index in [2.05, 4.69) is 29.8 Å². The van der Waals surface area contributed by atoms with Gasteiger partial charge in [-0.15, -0.1) is 23.1 Å². The Morgan fingerprint density at radius 2 is 2.60 bits per heavy atom. The molecule has 15 heavy (non-hydrogen) atoms. The molecule has 84 valence electrons. The van der Waals surface area contributed by atoms with E-state index in [0.29, 0.717) is 11.3 Å². The van der Waals surface area contributed by atoms with Crippen LogP contribution in [0.15, 0.2) is 21.7 Å². The fourth-order valence-corrected chi connectivity index (χ4v) is 4.03. The molecule has 4 heteroatoms. The Hall–Kier alpha value is -0.0300. The van der Waals surface area contributed by atoms with Gasteiger partial charge in [-0.25, -0.2) is 0 Å². The average molecular weight is 243 g/mol. The molecule has 2 atom stereocenters. The topological polar surface area (TPSA) is 21.3 Å². The maximum Gasteiger partial charge on any atom is 0.0603 e. The standard InChI is InChI=1S/C11H17NOS2/c1-2-12-9-5-6-13-8-10(9)15-11-4-3-7-14-11/h3-4,7,9-10,12H,2,5-6,8H2,1H3. The van der Waals surface area contributed by atoms with Crippen molar-refractivity contribution in [2.75, 3.05) is 19.8 Å².